The van der Waals surface area contributed by atoms with E-state index in [0.29, 0.717) is 18.5 Å². The maximum Gasteiger partial charge on any atom is 0.240 e. The van der Waals surface area contributed by atoms with Crippen molar-refractivity contribution in [1.29, 1.82) is 0 Å². The largest absolute Gasteiger partial charge is 0.338 e. The Balaban J connectivity index is 1.59. The topological polar surface area (TPSA) is 58.4 Å². The molecule has 1 aromatic carbocycles. The number of rotatable bonds is 6. The van der Waals surface area contributed by atoms with Crippen LogP contribution in [0, 0.1) is 5.82 Å². The van der Waals surface area contributed by atoms with Crippen molar-refractivity contribution in [2.24, 2.45) is 0 Å². The van der Waals surface area contributed by atoms with E-state index in [0.717, 1.165) is 24.1 Å². The SMILES string of the molecule is CC(C)(C)c1cc(NC(=O)CN(Cc2ccc(F)cc2)C2CC2)on1. The van der Waals surface area contributed by atoms with Gasteiger partial charge in [0.1, 0.15) is 5.82 Å². The van der Waals surface area contributed by atoms with E-state index >= 15 is 0 Å². The summed E-state index contributed by atoms with van der Waals surface area (Å²) in [5, 5.41) is 6.78. The number of amides is 1. The molecule has 1 N–H and O–H groups in total. The highest BCUT2D eigenvalue weighted by atomic mass is 19.1. The van der Waals surface area contributed by atoms with Gasteiger partial charge in [0.05, 0.1) is 12.2 Å². The molecule has 0 aliphatic heterocycles. The molecule has 6 heteroatoms. The van der Waals surface area contributed by atoms with Crippen LogP contribution in [-0.4, -0.2) is 28.6 Å². The van der Waals surface area contributed by atoms with Gasteiger partial charge in [0.2, 0.25) is 11.8 Å². The van der Waals surface area contributed by atoms with E-state index in [9.17, 15) is 9.18 Å². The van der Waals surface area contributed by atoms with Gasteiger partial charge >= 0.3 is 0 Å². The lowest BCUT2D eigenvalue weighted by atomic mass is 9.92. The van der Waals surface area contributed by atoms with Gasteiger partial charge in [-0.05, 0) is 30.5 Å². The number of hydrogen-bond donors (Lipinski definition) is 1. The summed E-state index contributed by atoms with van der Waals surface area (Å²) in [4.78, 5) is 14.5. The molecule has 0 atom stereocenters. The molecule has 0 unspecified atom stereocenters. The van der Waals surface area contributed by atoms with Gasteiger partial charge in [-0.25, -0.2) is 4.39 Å². The molecule has 1 aliphatic carbocycles. The van der Waals surface area contributed by atoms with Gasteiger partial charge in [0.25, 0.3) is 0 Å². The summed E-state index contributed by atoms with van der Waals surface area (Å²) in [7, 11) is 0. The van der Waals surface area contributed by atoms with Gasteiger partial charge in [-0.2, -0.15) is 0 Å². The molecule has 1 amide bonds. The normalized spacial score (nSPS) is 14.8. The Morgan fingerprint density at radius 3 is 2.56 bits per heavy atom. The molecule has 2 aromatic rings. The van der Waals surface area contributed by atoms with Gasteiger partial charge in [-0.3, -0.25) is 15.0 Å². The molecule has 1 saturated carbocycles. The van der Waals surface area contributed by atoms with Crippen LogP contribution in [0.4, 0.5) is 10.3 Å². The highest BCUT2D eigenvalue weighted by Gasteiger charge is 2.30. The van der Waals surface area contributed by atoms with Crippen molar-refractivity contribution in [2.45, 2.75) is 51.6 Å². The molecule has 1 fully saturated rings. The summed E-state index contributed by atoms with van der Waals surface area (Å²) in [6, 6.07) is 8.59. The second-order valence-electron chi connectivity index (χ2n) is 7.64. The zero-order valence-corrected chi connectivity index (χ0v) is 14.9. The summed E-state index contributed by atoms with van der Waals surface area (Å²) in [6.45, 7) is 7.01. The molecule has 0 spiro atoms. The van der Waals surface area contributed by atoms with Crippen molar-refractivity contribution in [3.05, 3.63) is 47.4 Å². The van der Waals surface area contributed by atoms with Gasteiger partial charge < -0.3 is 4.52 Å². The van der Waals surface area contributed by atoms with Crippen LogP contribution in [0.1, 0.15) is 44.9 Å². The van der Waals surface area contributed by atoms with E-state index in [1.807, 2.05) is 20.8 Å². The number of anilines is 1. The lowest BCUT2D eigenvalue weighted by molar-refractivity contribution is -0.117. The van der Waals surface area contributed by atoms with Crippen LogP contribution < -0.4 is 5.32 Å². The number of nitrogens with zero attached hydrogens (tertiary/aromatic N) is 2. The summed E-state index contributed by atoms with van der Waals surface area (Å²) < 4.78 is 18.2. The molecule has 1 heterocycles. The Kier molecular flexibility index (Phi) is 4.90. The lowest BCUT2D eigenvalue weighted by Crippen LogP contribution is -2.34. The highest BCUT2D eigenvalue weighted by molar-refractivity contribution is 5.91. The molecule has 5 nitrogen and oxygen atoms in total. The Bertz CT molecular complexity index is 730. The van der Waals surface area contributed by atoms with Crippen LogP contribution in [0.5, 0.6) is 0 Å². The average Bonchev–Trinajstić information content (AvgIpc) is 3.27. The van der Waals surface area contributed by atoms with E-state index in [2.05, 4.69) is 15.4 Å². The number of nitrogens with one attached hydrogen (secondary N) is 1. The zero-order valence-electron chi connectivity index (χ0n) is 14.9. The fraction of sp³-hybridized carbons (Fsp3) is 0.474. The molecule has 25 heavy (non-hydrogen) atoms. The van der Waals surface area contributed by atoms with Crippen molar-refractivity contribution >= 4 is 11.8 Å². The Hall–Kier alpha value is -2.21. The Labute approximate surface area is 147 Å². The number of halogens is 1. The first kappa shape index (κ1) is 17.6. The van der Waals surface area contributed by atoms with E-state index < -0.39 is 0 Å². The fourth-order valence-electron chi connectivity index (χ4n) is 2.63. The van der Waals surface area contributed by atoms with Gasteiger partial charge in [0, 0.05) is 24.1 Å². The zero-order chi connectivity index (χ0) is 18.0. The lowest BCUT2D eigenvalue weighted by Gasteiger charge is -2.21. The molecule has 1 aromatic heterocycles. The van der Waals surface area contributed by atoms with Crippen LogP contribution in [0.3, 0.4) is 0 Å². The molecular weight excluding hydrogens is 321 g/mol. The predicted octanol–water partition coefficient (Wildman–Crippen LogP) is 3.71. The first-order valence-corrected chi connectivity index (χ1v) is 8.57. The summed E-state index contributed by atoms with van der Waals surface area (Å²) in [5.74, 6) is -0.0162. The van der Waals surface area contributed by atoms with Crippen LogP contribution in [0.15, 0.2) is 34.9 Å². The number of hydrogen-bond acceptors (Lipinski definition) is 4. The minimum Gasteiger partial charge on any atom is -0.338 e. The molecule has 1 aliphatic rings. The quantitative estimate of drug-likeness (QED) is 0.867. The number of aromatic nitrogens is 1. The molecule has 0 saturated heterocycles. The van der Waals surface area contributed by atoms with Crippen LogP contribution in [-0.2, 0) is 16.8 Å². The van der Waals surface area contributed by atoms with Gasteiger partial charge in [-0.1, -0.05) is 38.1 Å². The Morgan fingerprint density at radius 2 is 2.00 bits per heavy atom. The molecule has 0 bridgehead atoms. The third-order valence-electron chi connectivity index (χ3n) is 4.25. The minimum absolute atomic E-state index is 0.130. The summed E-state index contributed by atoms with van der Waals surface area (Å²) >= 11 is 0. The van der Waals surface area contributed by atoms with E-state index in [1.165, 1.54) is 12.1 Å². The van der Waals surface area contributed by atoms with Gasteiger partial charge in [0.15, 0.2) is 0 Å². The van der Waals surface area contributed by atoms with Crippen molar-refractivity contribution in [2.75, 3.05) is 11.9 Å². The summed E-state index contributed by atoms with van der Waals surface area (Å²) in [5.41, 5.74) is 1.67. The first-order valence-electron chi connectivity index (χ1n) is 8.57. The third-order valence-corrected chi connectivity index (χ3v) is 4.25. The molecule has 134 valence electrons. The average molecular weight is 345 g/mol. The summed E-state index contributed by atoms with van der Waals surface area (Å²) in [6.07, 6.45) is 2.18. The molecule has 3 rings (SSSR count). The van der Waals surface area contributed by atoms with E-state index in [-0.39, 0.29) is 23.7 Å². The second kappa shape index (κ2) is 6.96. The van der Waals surface area contributed by atoms with Crippen LogP contribution >= 0.6 is 0 Å². The van der Waals surface area contributed by atoms with Crippen LogP contribution in [0.25, 0.3) is 0 Å². The first-order chi connectivity index (χ1) is 11.8. The second-order valence-corrected chi connectivity index (χ2v) is 7.64. The highest BCUT2D eigenvalue weighted by Crippen LogP contribution is 2.28. The smallest absolute Gasteiger partial charge is 0.240 e. The monoisotopic (exact) mass is 345 g/mol. The van der Waals surface area contributed by atoms with Crippen molar-refractivity contribution < 1.29 is 13.7 Å². The van der Waals surface area contributed by atoms with Crippen LogP contribution in [0.2, 0.25) is 0 Å². The van der Waals surface area contributed by atoms with Crippen molar-refractivity contribution in [1.82, 2.24) is 10.1 Å². The number of benzene rings is 1. The number of carbonyl (C=O) groups excluding carboxylic acids is 1. The van der Waals surface area contributed by atoms with Crippen molar-refractivity contribution in [3.63, 3.8) is 0 Å². The van der Waals surface area contributed by atoms with E-state index in [4.69, 9.17) is 4.52 Å². The maximum atomic E-state index is 13.0. The standard InChI is InChI=1S/C19H24FN3O2/c1-19(2,3)16-10-18(25-22-16)21-17(24)12-23(15-8-9-15)11-13-4-6-14(20)7-5-13/h4-7,10,15H,8-9,11-12H2,1-3H3,(H,21,24). The predicted molar refractivity (Wildman–Crippen MR) is 93.7 cm³/mol. The number of carbonyl (C=O) groups is 1. The minimum atomic E-state index is -0.251. The van der Waals surface area contributed by atoms with Crippen molar-refractivity contribution in [3.8, 4) is 0 Å². The van der Waals surface area contributed by atoms with E-state index in [1.54, 1.807) is 18.2 Å². The fourth-order valence-corrected chi connectivity index (χ4v) is 2.63. The van der Waals surface area contributed by atoms with Gasteiger partial charge in [-0.15, -0.1) is 0 Å². The molecular formula is C19H24FN3O2. The maximum absolute atomic E-state index is 13.0. The Morgan fingerprint density at radius 1 is 1.32 bits per heavy atom. The third kappa shape index (κ3) is 4.89. The molecule has 0 radical (unpaired) electrons.